The maximum absolute atomic E-state index is 12.2. The molecule has 1 aliphatic heterocycles. The maximum Gasteiger partial charge on any atom is 0.246 e. The minimum Gasteiger partial charge on any atom is -0.394 e. The van der Waals surface area contributed by atoms with Gasteiger partial charge < -0.3 is 9.84 Å². The van der Waals surface area contributed by atoms with Crippen molar-refractivity contribution in [2.45, 2.75) is 11.4 Å². The van der Waals surface area contributed by atoms with Crippen LogP contribution < -0.4 is 0 Å². The third kappa shape index (κ3) is 2.65. The Hall–Kier alpha value is -0.960. The third-order valence-electron chi connectivity index (χ3n) is 2.55. The van der Waals surface area contributed by atoms with Crippen molar-refractivity contribution in [1.82, 2.24) is 14.1 Å². The van der Waals surface area contributed by atoms with Crippen molar-refractivity contribution in [1.29, 1.82) is 0 Å². The number of aromatic nitrogens is 2. The minimum atomic E-state index is -3.47. The number of hydrogen-bond donors (Lipinski definition) is 1. The Morgan fingerprint density at radius 2 is 2.12 bits per heavy atom. The smallest absolute Gasteiger partial charge is 0.246 e. The molecule has 17 heavy (non-hydrogen) atoms. The van der Waals surface area contributed by atoms with E-state index in [1.807, 2.05) is 0 Å². The van der Waals surface area contributed by atoms with Gasteiger partial charge in [0, 0.05) is 19.3 Å². The Morgan fingerprint density at radius 3 is 2.76 bits per heavy atom. The topological polar surface area (TPSA) is 84.7 Å². The molecule has 0 spiro atoms. The van der Waals surface area contributed by atoms with Gasteiger partial charge in [-0.1, -0.05) is 0 Å². The van der Waals surface area contributed by atoms with Crippen LogP contribution in [0.15, 0.2) is 17.3 Å². The minimum absolute atomic E-state index is 0.0707. The summed E-state index contributed by atoms with van der Waals surface area (Å²) in [6, 6.07) is 0. The van der Waals surface area contributed by atoms with Crippen LogP contribution in [-0.2, 0) is 21.3 Å². The first-order valence-electron chi connectivity index (χ1n) is 5.36. The predicted octanol–water partition coefficient (Wildman–Crippen LogP) is -1.10. The van der Waals surface area contributed by atoms with Crippen molar-refractivity contribution in [3.63, 3.8) is 0 Å². The number of aliphatic hydroxyl groups is 1. The van der Waals surface area contributed by atoms with E-state index in [9.17, 15) is 8.42 Å². The molecule has 8 heteroatoms. The van der Waals surface area contributed by atoms with E-state index in [0.29, 0.717) is 32.8 Å². The van der Waals surface area contributed by atoms with E-state index in [1.165, 1.54) is 21.4 Å². The second-order valence-corrected chi connectivity index (χ2v) is 5.62. The Morgan fingerprint density at radius 1 is 1.41 bits per heavy atom. The summed E-state index contributed by atoms with van der Waals surface area (Å²) in [6.45, 7) is 1.80. The van der Waals surface area contributed by atoms with E-state index >= 15 is 0 Å². The molecule has 0 radical (unpaired) electrons. The molecule has 0 aromatic carbocycles. The van der Waals surface area contributed by atoms with Crippen molar-refractivity contribution in [3.05, 3.63) is 12.4 Å². The molecule has 2 rings (SSSR count). The van der Waals surface area contributed by atoms with Gasteiger partial charge in [0.15, 0.2) is 0 Å². The lowest BCUT2D eigenvalue weighted by Crippen LogP contribution is -2.40. The normalized spacial score (nSPS) is 18.4. The molecule has 1 fully saturated rings. The molecule has 0 aliphatic carbocycles. The van der Waals surface area contributed by atoms with Crippen LogP contribution in [0.5, 0.6) is 0 Å². The summed E-state index contributed by atoms with van der Waals surface area (Å²) >= 11 is 0. The average Bonchev–Trinajstić information content (AvgIpc) is 2.80. The zero-order chi connectivity index (χ0) is 12.3. The highest BCUT2D eigenvalue weighted by molar-refractivity contribution is 7.89. The second kappa shape index (κ2) is 5.13. The number of hydrogen-bond acceptors (Lipinski definition) is 5. The lowest BCUT2D eigenvalue weighted by Gasteiger charge is -2.25. The fraction of sp³-hybridized carbons (Fsp3) is 0.667. The first-order valence-corrected chi connectivity index (χ1v) is 6.80. The number of nitrogens with zero attached hydrogens (tertiary/aromatic N) is 3. The van der Waals surface area contributed by atoms with Crippen molar-refractivity contribution >= 4 is 10.0 Å². The quantitative estimate of drug-likeness (QED) is 0.743. The molecule has 1 aliphatic rings. The van der Waals surface area contributed by atoms with Crippen molar-refractivity contribution < 1.29 is 18.3 Å². The van der Waals surface area contributed by atoms with E-state index in [0.717, 1.165) is 0 Å². The molecule has 1 saturated heterocycles. The lowest BCUT2D eigenvalue weighted by molar-refractivity contribution is 0.0730. The molecule has 0 bridgehead atoms. The molecular formula is C9H15N3O4S. The molecule has 96 valence electrons. The van der Waals surface area contributed by atoms with Gasteiger partial charge in [0.1, 0.15) is 4.90 Å². The molecule has 0 unspecified atom stereocenters. The van der Waals surface area contributed by atoms with Gasteiger partial charge in [-0.25, -0.2) is 8.42 Å². The van der Waals surface area contributed by atoms with E-state index in [4.69, 9.17) is 9.84 Å². The van der Waals surface area contributed by atoms with E-state index < -0.39 is 10.0 Å². The summed E-state index contributed by atoms with van der Waals surface area (Å²) in [5.41, 5.74) is 0. The monoisotopic (exact) mass is 261 g/mol. The van der Waals surface area contributed by atoms with Crippen LogP contribution in [0.1, 0.15) is 0 Å². The molecule has 0 amide bonds. The standard InChI is InChI=1S/C9H15N3O4S/c13-4-1-11-8-9(7-10-11)17(14,15)12-2-5-16-6-3-12/h7-8,13H,1-6H2. The molecule has 7 nitrogen and oxygen atoms in total. The van der Waals surface area contributed by atoms with Gasteiger partial charge in [0.05, 0.1) is 32.6 Å². The maximum atomic E-state index is 12.2. The fourth-order valence-electron chi connectivity index (χ4n) is 1.64. The van der Waals surface area contributed by atoms with Crippen LogP contribution in [0.25, 0.3) is 0 Å². The Labute approximate surface area is 99.7 Å². The van der Waals surface area contributed by atoms with Crippen LogP contribution in [0.4, 0.5) is 0 Å². The predicted molar refractivity (Wildman–Crippen MR) is 58.9 cm³/mol. The zero-order valence-corrected chi connectivity index (χ0v) is 10.1. The lowest BCUT2D eigenvalue weighted by atomic mass is 10.5. The van der Waals surface area contributed by atoms with E-state index in [1.54, 1.807) is 0 Å². The van der Waals surface area contributed by atoms with Gasteiger partial charge in [-0.3, -0.25) is 4.68 Å². The fourth-order valence-corrected chi connectivity index (χ4v) is 3.00. The SMILES string of the molecule is O=S(=O)(c1cnn(CCO)c1)N1CCOCC1. The highest BCUT2D eigenvalue weighted by atomic mass is 32.2. The van der Waals surface area contributed by atoms with Gasteiger partial charge in [0.25, 0.3) is 0 Å². The van der Waals surface area contributed by atoms with Gasteiger partial charge in [0.2, 0.25) is 10.0 Å². The molecule has 0 atom stereocenters. The summed E-state index contributed by atoms with van der Waals surface area (Å²) < 4.78 is 32.2. The average molecular weight is 261 g/mol. The number of aliphatic hydroxyl groups excluding tert-OH is 1. The van der Waals surface area contributed by atoms with Crippen LogP contribution in [0.3, 0.4) is 0 Å². The van der Waals surface area contributed by atoms with Crippen LogP contribution in [0, 0.1) is 0 Å². The summed E-state index contributed by atoms with van der Waals surface area (Å²) in [6.07, 6.45) is 2.74. The van der Waals surface area contributed by atoms with Crippen molar-refractivity contribution in [2.75, 3.05) is 32.9 Å². The first kappa shape index (κ1) is 12.5. The molecule has 0 saturated carbocycles. The van der Waals surface area contributed by atoms with Gasteiger partial charge in [-0.05, 0) is 0 Å². The van der Waals surface area contributed by atoms with Crippen LogP contribution in [-0.4, -0.2) is 60.5 Å². The first-order chi connectivity index (χ1) is 8.14. The molecule has 1 aromatic rings. The molecule has 2 heterocycles. The second-order valence-electron chi connectivity index (χ2n) is 3.68. The van der Waals surface area contributed by atoms with Gasteiger partial charge in [-0.2, -0.15) is 9.40 Å². The number of rotatable bonds is 4. The van der Waals surface area contributed by atoms with Gasteiger partial charge >= 0.3 is 0 Å². The Balaban J connectivity index is 2.18. The summed E-state index contributed by atoms with van der Waals surface area (Å²) in [5.74, 6) is 0. The van der Waals surface area contributed by atoms with Crippen LogP contribution in [0.2, 0.25) is 0 Å². The van der Waals surface area contributed by atoms with E-state index in [-0.39, 0.29) is 11.5 Å². The summed E-state index contributed by atoms with van der Waals surface area (Å²) in [7, 11) is -3.47. The largest absolute Gasteiger partial charge is 0.394 e. The van der Waals surface area contributed by atoms with E-state index in [2.05, 4.69) is 5.10 Å². The third-order valence-corrected chi connectivity index (χ3v) is 4.40. The summed E-state index contributed by atoms with van der Waals surface area (Å²) in [4.78, 5) is 0.160. The van der Waals surface area contributed by atoms with Gasteiger partial charge in [-0.15, -0.1) is 0 Å². The number of sulfonamides is 1. The molecule has 1 aromatic heterocycles. The Kier molecular flexibility index (Phi) is 3.77. The number of ether oxygens (including phenoxy) is 1. The van der Waals surface area contributed by atoms with Crippen molar-refractivity contribution in [2.24, 2.45) is 0 Å². The zero-order valence-electron chi connectivity index (χ0n) is 9.32. The highest BCUT2D eigenvalue weighted by Crippen LogP contribution is 2.15. The molecular weight excluding hydrogens is 246 g/mol. The summed E-state index contributed by atoms with van der Waals surface area (Å²) in [5, 5.41) is 12.6. The molecule has 1 N–H and O–H groups in total. The van der Waals surface area contributed by atoms with Crippen LogP contribution >= 0.6 is 0 Å². The van der Waals surface area contributed by atoms with Crippen molar-refractivity contribution in [3.8, 4) is 0 Å². The Bertz CT molecular complexity index is 464. The highest BCUT2D eigenvalue weighted by Gasteiger charge is 2.27. The number of morpholine rings is 1.